The summed E-state index contributed by atoms with van der Waals surface area (Å²) in [5.41, 5.74) is 1.06. The monoisotopic (exact) mass is 376 g/mol. The summed E-state index contributed by atoms with van der Waals surface area (Å²) in [7, 11) is 0. The van der Waals surface area contributed by atoms with Gasteiger partial charge in [-0.1, -0.05) is 76.8 Å². The van der Waals surface area contributed by atoms with Gasteiger partial charge in [-0.3, -0.25) is 9.59 Å². The van der Waals surface area contributed by atoms with Crippen molar-refractivity contribution in [2.24, 2.45) is 5.92 Å². The van der Waals surface area contributed by atoms with E-state index in [1.54, 1.807) is 0 Å². The van der Waals surface area contributed by atoms with Gasteiger partial charge in [0.05, 0.1) is 6.61 Å². The van der Waals surface area contributed by atoms with Crippen molar-refractivity contribution in [1.82, 2.24) is 0 Å². The van der Waals surface area contributed by atoms with Crippen LogP contribution in [0.2, 0.25) is 0 Å². The molecular weight excluding hydrogens is 340 g/mol. The Labute approximate surface area is 164 Å². The maximum absolute atomic E-state index is 12.0. The highest BCUT2D eigenvalue weighted by atomic mass is 16.5. The van der Waals surface area contributed by atoms with E-state index < -0.39 is 0 Å². The summed E-state index contributed by atoms with van der Waals surface area (Å²) in [6.07, 6.45) is 7.61. The number of ether oxygens (including phenoxy) is 2. The number of carbonyl (C=O) groups is 2. The third kappa shape index (κ3) is 11.5. The lowest BCUT2D eigenvalue weighted by Gasteiger charge is -2.16. The normalized spacial score (nSPS) is 12.0. The molecule has 1 aromatic carbocycles. The second-order valence-corrected chi connectivity index (χ2v) is 7.50. The van der Waals surface area contributed by atoms with Crippen LogP contribution >= 0.6 is 0 Å². The minimum Gasteiger partial charge on any atom is -0.465 e. The Morgan fingerprint density at radius 3 is 1.96 bits per heavy atom. The number of carbonyl (C=O) groups excluding carboxylic acids is 2. The molecule has 0 aliphatic rings. The lowest BCUT2D eigenvalue weighted by atomic mass is 10.1. The minimum absolute atomic E-state index is 0.0876. The highest BCUT2D eigenvalue weighted by molar-refractivity contribution is 5.69. The van der Waals surface area contributed by atoms with Crippen LogP contribution in [-0.2, 0) is 19.1 Å². The molecule has 1 aromatic rings. The van der Waals surface area contributed by atoms with Gasteiger partial charge in [-0.2, -0.15) is 0 Å². The number of benzene rings is 1. The highest BCUT2D eigenvalue weighted by Gasteiger charge is 2.14. The predicted molar refractivity (Wildman–Crippen MR) is 108 cm³/mol. The van der Waals surface area contributed by atoms with E-state index in [-0.39, 0.29) is 18.0 Å². The molecule has 0 saturated carbocycles. The van der Waals surface area contributed by atoms with Crippen molar-refractivity contribution in [3.63, 3.8) is 0 Å². The summed E-state index contributed by atoms with van der Waals surface area (Å²) < 4.78 is 10.8. The number of unbranched alkanes of at least 4 members (excludes halogenated alkanes) is 5. The number of hydrogen-bond acceptors (Lipinski definition) is 4. The summed E-state index contributed by atoms with van der Waals surface area (Å²) >= 11 is 0. The summed E-state index contributed by atoms with van der Waals surface area (Å²) in [5, 5.41) is 0. The van der Waals surface area contributed by atoms with E-state index in [2.05, 4.69) is 0 Å². The lowest BCUT2D eigenvalue weighted by Crippen LogP contribution is -2.10. The molecule has 0 radical (unpaired) electrons. The van der Waals surface area contributed by atoms with Crippen molar-refractivity contribution >= 4 is 11.9 Å². The molecular formula is C23H36O4. The van der Waals surface area contributed by atoms with Gasteiger partial charge in [0.2, 0.25) is 0 Å². The van der Waals surface area contributed by atoms with Crippen molar-refractivity contribution < 1.29 is 19.1 Å². The quantitative estimate of drug-likeness (QED) is 0.295. The molecule has 1 unspecified atom stereocenters. The van der Waals surface area contributed by atoms with Crippen LogP contribution in [0.1, 0.15) is 90.2 Å². The van der Waals surface area contributed by atoms with Crippen molar-refractivity contribution in [2.45, 2.75) is 84.7 Å². The Morgan fingerprint density at radius 2 is 1.41 bits per heavy atom. The van der Waals surface area contributed by atoms with Gasteiger partial charge in [-0.15, -0.1) is 0 Å². The van der Waals surface area contributed by atoms with Crippen molar-refractivity contribution in [1.29, 1.82) is 0 Å². The van der Waals surface area contributed by atoms with E-state index in [0.29, 0.717) is 25.4 Å². The number of esters is 2. The topological polar surface area (TPSA) is 52.6 Å². The Hall–Kier alpha value is -1.84. The van der Waals surface area contributed by atoms with E-state index in [1.165, 1.54) is 0 Å². The molecule has 1 rings (SSSR count). The minimum atomic E-state index is -0.144. The maximum atomic E-state index is 12.0. The molecule has 27 heavy (non-hydrogen) atoms. The molecule has 0 aromatic heterocycles. The summed E-state index contributed by atoms with van der Waals surface area (Å²) in [4.78, 5) is 23.5. The van der Waals surface area contributed by atoms with Crippen LogP contribution < -0.4 is 0 Å². The van der Waals surface area contributed by atoms with E-state index in [0.717, 1.165) is 50.5 Å². The van der Waals surface area contributed by atoms with Gasteiger partial charge in [0.1, 0.15) is 6.10 Å². The average molecular weight is 377 g/mol. The van der Waals surface area contributed by atoms with E-state index in [4.69, 9.17) is 9.47 Å². The van der Waals surface area contributed by atoms with Gasteiger partial charge in [-0.05, 0) is 30.7 Å². The van der Waals surface area contributed by atoms with Gasteiger partial charge in [-0.25, -0.2) is 0 Å². The molecule has 4 heteroatoms. The van der Waals surface area contributed by atoms with Crippen LogP contribution in [-0.4, -0.2) is 18.5 Å². The second-order valence-electron chi connectivity index (χ2n) is 7.50. The van der Waals surface area contributed by atoms with Crippen LogP contribution in [0.25, 0.3) is 0 Å². The zero-order chi connectivity index (χ0) is 19.9. The number of hydrogen-bond donors (Lipinski definition) is 0. The van der Waals surface area contributed by atoms with Gasteiger partial charge in [0.15, 0.2) is 0 Å². The van der Waals surface area contributed by atoms with Gasteiger partial charge >= 0.3 is 11.9 Å². The molecule has 0 aliphatic carbocycles. The summed E-state index contributed by atoms with van der Waals surface area (Å²) in [6, 6.07) is 9.90. The molecule has 0 spiro atoms. The van der Waals surface area contributed by atoms with Crippen LogP contribution in [0.5, 0.6) is 0 Å². The van der Waals surface area contributed by atoms with Gasteiger partial charge in [0, 0.05) is 12.8 Å². The second kappa shape index (κ2) is 14.2. The van der Waals surface area contributed by atoms with E-state index >= 15 is 0 Å². The SMILES string of the molecule is CCC(OC(=O)CCCCCCCCC(=O)OCC(C)C)c1ccccc1. The Kier molecular flexibility index (Phi) is 12.2. The Bertz CT molecular complexity index is 524. The highest BCUT2D eigenvalue weighted by Crippen LogP contribution is 2.21. The first kappa shape index (κ1) is 23.2. The molecule has 1 atom stereocenters. The fourth-order valence-electron chi connectivity index (χ4n) is 2.85. The van der Waals surface area contributed by atoms with Crippen LogP contribution in [0.4, 0.5) is 0 Å². The lowest BCUT2D eigenvalue weighted by molar-refractivity contribution is -0.150. The maximum Gasteiger partial charge on any atom is 0.306 e. The largest absolute Gasteiger partial charge is 0.465 e. The van der Waals surface area contributed by atoms with Crippen LogP contribution in [0.15, 0.2) is 30.3 Å². The molecule has 152 valence electrons. The van der Waals surface area contributed by atoms with E-state index in [1.807, 2.05) is 51.1 Å². The smallest absolute Gasteiger partial charge is 0.306 e. The molecule has 0 amide bonds. The molecule has 0 saturated heterocycles. The Balaban J connectivity index is 2.03. The molecule has 4 nitrogen and oxygen atoms in total. The Morgan fingerprint density at radius 1 is 0.852 bits per heavy atom. The van der Waals surface area contributed by atoms with Crippen molar-refractivity contribution in [2.75, 3.05) is 6.61 Å². The summed E-state index contributed by atoms with van der Waals surface area (Å²) in [5.74, 6) is 0.190. The fraction of sp³-hybridized carbons (Fsp3) is 0.652. The first-order valence-electron chi connectivity index (χ1n) is 10.4. The molecule has 0 heterocycles. The average Bonchev–Trinajstić information content (AvgIpc) is 2.67. The van der Waals surface area contributed by atoms with E-state index in [9.17, 15) is 9.59 Å². The fourth-order valence-corrected chi connectivity index (χ4v) is 2.85. The van der Waals surface area contributed by atoms with Crippen LogP contribution in [0, 0.1) is 5.92 Å². The third-order valence-corrected chi connectivity index (χ3v) is 4.41. The van der Waals surface area contributed by atoms with Crippen molar-refractivity contribution in [3.05, 3.63) is 35.9 Å². The van der Waals surface area contributed by atoms with Crippen LogP contribution in [0.3, 0.4) is 0 Å². The molecule has 0 aliphatic heterocycles. The standard InChI is InChI=1S/C23H36O4/c1-4-21(20-14-10-9-11-15-20)27-23(25)17-13-8-6-5-7-12-16-22(24)26-18-19(2)3/h9-11,14-15,19,21H,4-8,12-13,16-18H2,1-3H3. The molecule has 0 bridgehead atoms. The summed E-state index contributed by atoms with van der Waals surface area (Å²) in [6.45, 7) is 6.61. The first-order valence-corrected chi connectivity index (χ1v) is 10.4. The number of rotatable bonds is 14. The third-order valence-electron chi connectivity index (χ3n) is 4.41. The predicted octanol–water partition coefficient (Wildman–Crippen LogP) is 6.00. The van der Waals surface area contributed by atoms with Crippen molar-refractivity contribution in [3.8, 4) is 0 Å². The first-order chi connectivity index (χ1) is 13.0. The zero-order valence-electron chi connectivity index (χ0n) is 17.2. The molecule has 0 fully saturated rings. The van der Waals surface area contributed by atoms with Gasteiger partial charge in [0.25, 0.3) is 0 Å². The van der Waals surface area contributed by atoms with Gasteiger partial charge < -0.3 is 9.47 Å². The molecule has 0 N–H and O–H groups in total. The zero-order valence-corrected chi connectivity index (χ0v) is 17.2.